The SMILES string of the molecule is COc1cccc(C2C(C(=O)Nc3ccccc3OC)=C(C)Nc3nc(SCc4ccc([N+](=O)[O-])cc4)nn32)c1. The van der Waals surface area contributed by atoms with Crippen molar-refractivity contribution in [1.82, 2.24) is 14.8 Å². The number of aromatic nitrogens is 3. The normalized spacial score (nSPS) is 14.2. The molecule has 1 atom stereocenters. The number of fused-ring (bicyclic) bond motifs is 1. The Balaban J connectivity index is 1.48. The number of hydrogen-bond donors (Lipinski definition) is 2. The third kappa shape index (κ3) is 5.47. The highest BCUT2D eigenvalue weighted by molar-refractivity contribution is 7.98. The van der Waals surface area contributed by atoms with Crippen LogP contribution in [0.2, 0.25) is 0 Å². The van der Waals surface area contributed by atoms with Crippen molar-refractivity contribution in [3.05, 3.63) is 105 Å². The number of rotatable bonds is 9. The van der Waals surface area contributed by atoms with E-state index in [0.717, 1.165) is 11.1 Å². The zero-order valence-electron chi connectivity index (χ0n) is 22.0. The van der Waals surface area contributed by atoms with Gasteiger partial charge in [0.1, 0.15) is 17.5 Å². The molecule has 12 heteroatoms. The van der Waals surface area contributed by atoms with Gasteiger partial charge in [0.05, 0.1) is 30.4 Å². The van der Waals surface area contributed by atoms with Gasteiger partial charge in [-0.2, -0.15) is 4.98 Å². The first kappa shape index (κ1) is 26.8. The Hall–Kier alpha value is -4.84. The van der Waals surface area contributed by atoms with Crippen LogP contribution in [-0.2, 0) is 10.5 Å². The quantitative estimate of drug-likeness (QED) is 0.157. The number of hydrogen-bond acceptors (Lipinski definition) is 9. The molecule has 40 heavy (non-hydrogen) atoms. The fourth-order valence-corrected chi connectivity index (χ4v) is 5.19. The molecule has 1 aliphatic heterocycles. The lowest BCUT2D eigenvalue weighted by Gasteiger charge is -2.29. The smallest absolute Gasteiger partial charge is 0.269 e. The van der Waals surface area contributed by atoms with Gasteiger partial charge in [0.15, 0.2) is 0 Å². The largest absolute Gasteiger partial charge is 0.497 e. The van der Waals surface area contributed by atoms with E-state index < -0.39 is 11.0 Å². The van der Waals surface area contributed by atoms with Crippen molar-refractivity contribution in [3.8, 4) is 11.5 Å². The molecule has 1 amide bonds. The number of allylic oxidation sites excluding steroid dienone is 1. The number of thioether (sulfide) groups is 1. The number of para-hydroxylation sites is 2. The number of nitrogens with zero attached hydrogens (tertiary/aromatic N) is 4. The van der Waals surface area contributed by atoms with Crippen LogP contribution in [0.4, 0.5) is 17.3 Å². The number of benzene rings is 3. The molecule has 1 unspecified atom stereocenters. The first-order valence-corrected chi connectivity index (χ1v) is 13.2. The van der Waals surface area contributed by atoms with Gasteiger partial charge in [-0.3, -0.25) is 14.9 Å². The van der Waals surface area contributed by atoms with Crippen molar-refractivity contribution >= 4 is 35.0 Å². The molecular weight excluding hydrogens is 532 g/mol. The van der Waals surface area contributed by atoms with Crippen LogP contribution in [-0.4, -0.2) is 39.8 Å². The standard InChI is InChI=1S/C28H26N6O5S/c1-17-24(26(35)30-22-9-4-5-10-23(22)39-3)25(19-7-6-8-21(15-19)38-2)33-27(29-17)31-28(32-33)40-16-18-11-13-20(14-12-18)34(36)37/h4-15,25H,16H2,1-3H3,(H,30,35)(H,29,31,32). The summed E-state index contributed by atoms with van der Waals surface area (Å²) in [7, 11) is 3.14. The Kier molecular flexibility index (Phi) is 7.69. The van der Waals surface area contributed by atoms with Gasteiger partial charge in [0, 0.05) is 23.6 Å². The average molecular weight is 559 g/mol. The second-order valence-corrected chi connectivity index (χ2v) is 9.81. The molecule has 0 aliphatic carbocycles. The molecular formula is C28H26N6O5S. The fourth-order valence-electron chi connectivity index (χ4n) is 4.41. The third-order valence-corrected chi connectivity index (χ3v) is 7.27. The number of methoxy groups -OCH3 is 2. The summed E-state index contributed by atoms with van der Waals surface area (Å²) in [6, 6.07) is 20.5. The van der Waals surface area contributed by atoms with Crippen LogP contribution in [0.25, 0.3) is 0 Å². The Bertz CT molecular complexity index is 1600. The fraction of sp³-hybridized carbons (Fsp3) is 0.179. The number of carbonyl (C=O) groups is 1. The van der Waals surface area contributed by atoms with Gasteiger partial charge in [-0.05, 0) is 42.3 Å². The van der Waals surface area contributed by atoms with Crippen LogP contribution in [0.5, 0.6) is 11.5 Å². The molecule has 1 aliphatic rings. The predicted molar refractivity (Wildman–Crippen MR) is 152 cm³/mol. The Morgan fingerprint density at radius 1 is 1.10 bits per heavy atom. The summed E-state index contributed by atoms with van der Waals surface area (Å²) in [5, 5.41) is 22.4. The molecule has 0 bridgehead atoms. The second kappa shape index (κ2) is 11.5. The van der Waals surface area contributed by atoms with E-state index in [1.54, 1.807) is 43.2 Å². The minimum atomic E-state index is -0.595. The van der Waals surface area contributed by atoms with E-state index in [1.807, 2.05) is 43.3 Å². The van der Waals surface area contributed by atoms with Crippen molar-refractivity contribution in [2.45, 2.75) is 23.9 Å². The van der Waals surface area contributed by atoms with E-state index in [9.17, 15) is 14.9 Å². The lowest BCUT2D eigenvalue weighted by Crippen LogP contribution is -2.31. The number of amides is 1. The maximum Gasteiger partial charge on any atom is 0.269 e. The first-order valence-electron chi connectivity index (χ1n) is 12.3. The molecule has 4 aromatic rings. The van der Waals surface area contributed by atoms with Gasteiger partial charge in [-0.15, -0.1) is 5.10 Å². The van der Waals surface area contributed by atoms with Gasteiger partial charge < -0.3 is 20.1 Å². The van der Waals surface area contributed by atoms with E-state index in [1.165, 1.54) is 23.9 Å². The number of ether oxygens (including phenoxy) is 2. The second-order valence-electron chi connectivity index (χ2n) is 8.87. The molecule has 204 valence electrons. The number of nitrogens with one attached hydrogen (secondary N) is 2. The van der Waals surface area contributed by atoms with E-state index >= 15 is 0 Å². The van der Waals surface area contributed by atoms with Gasteiger partial charge in [-0.25, -0.2) is 4.68 Å². The molecule has 1 aromatic heterocycles. The molecule has 5 rings (SSSR count). The molecule has 2 heterocycles. The number of anilines is 2. The summed E-state index contributed by atoms with van der Waals surface area (Å²) in [5.74, 6) is 1.88. The molecule has 0 saturated carbocycles. The highest BCUT2D eigenvalue weighted by Crippen LogP contribution is 2.38. The molecule has 0 spiro atoms. The number of nitro groups is 1. The maximum atomic E-state index is 13.8. The number of nitro benzene ring substituents is 1. The molecule has 2 N–H and O–H groups in total. The van der Waals surface area contributed by atoms with Gasteiger partial charge >= 0.3 is 0 Å². The third-order valence-electron chi connectivity index (χ3n) is 6.36. The van der Waals surface area contributed by atoms with E-state index in [4.69, 9.17) is 14.6 Å². The van der Waals surface area contributed by atoms with E-state index in [2.05, 4.69) is 15.6 Å². The summed E-state index contributed by atoms with van der Waals surface area (Å²) in [5.41, 5.74) is 3.37. The summed E-state index contributed by atoms with van der Waals surface area (Å²) >= 11 is 1.39. The maximum absolute atomic E-state index is 13.8. The lowest BCUT2D eigenvalue weighted by atomic mass is 9.95. The highest BCUT2D eigenvalue weighted by atomic mass is 32.2. The number of non-ortho nitro benzene ring substituents is 1. The van der Waals surface area contributed by atoms with Crippen molar-refractivity contribution < 1.29 is 19.2 Å². The van der Waals surface area contributed by atoms with Crippen molar-refractivity contribution in [3.63, 3.8) is 0 Å². The van der Waals surface area contributed by atoms with Gasteiger partial charge in [0.2, 0.25) is 11.1 Å². The molecule has 0 saturated heterocycles. The Morgan fingerprint density at radius 2 is 1.88 bits per heavy atom. The van der Waals surface area contributed by atoms with Gasteiger partial charge in [0.25, 0.3) is 11.6 Å². The first-order chi connectivity index (χ1) is 19.4. The summed E-state index contributed by atoms with van der Waals surface area (Å²) in [6.07, 6.45) is 0. The molecule has 0 radical (unpaired) electrons. The average Bonchev–Trinajstić information content (AvgIpc) is 3.38. The molecule has 11 nitrogen and oxygen atoms in total. The molecule has 3 aromatic carbocycles. The van der Waals surface area contributed by atoms with E-state index in [-0.39, 0.29) is 11.6 Å². The topological polar surface area (TPSA) is 133 Å². The van der Waals surface area contributed by atoms with Crippen LogP contribution < -0.4 is 20.1 Å². The predicted octanol–water partition coefficient (Wildman–Crippen LogP) is 5.42. The number of carbonyl (C=O) groups excluding carboxylic acids is 1. The minimum Gasteiger partial charge on any atom is -0.497 e. The van der Waals surface area contributed by atoms with E-state index in [0.29, 0.717) is 45.3 Å². The summed E-state index contributed by atoms with van der Waals surface area (Å²) in [6.45, 7) is 1.83. The zero-order chi connectivity index (χ0) is 28.2. The van der Waals surface area contributed by atoms with Crippen LogP contribution in [0, 0.1) is 10.1 Å². The summed E-state index contributed by atoms with van der Waals surface area (Å²) in [4.78, 5) is 29.0. The molecule has 0 fully saturated rings. The van der Waals surface area contributed by atoms with Crippen molar-refractivity contribution in [2.24, 2.45) is 0 Å². The summed E-state index contributed by atoms with van der Waals surface area (Å²) < 4.78 is 12.6. The van der Waals surface area contributed by atoms with Crippen LogP contribution >= 0.6 is 11.8 Å². The zero-order valence-corrected chi connectivity index (χ0v) is 22.8. The Morgan fingerprint density at radius 3 is 2.60 bits per heavy atom. The Labute approximate surface area is 234 Å². The highest BCUT2D eigenvalue weighted by Gasteiger charge is 2.35. The minimum absolute atomic E-state index is 0.0372. The van der Waals surface area contributed by atoms with Crippen LogP contribution in [0.1, 0.15) is 24.1 Å². The van der Waals surface area contributed by atoms with Crippen molar-refractivity contribution in [2.75, 3.05) is 24.9 Å². The monoisotopic (exact) mass is 558 g/mol. The van der Waals surface area contributed by atoms with Gasteiger partial charge in [-0.1, -0.05) is 48.2 Å². The lowest BCUT2D eigenvalue weighted by molar-refractivity contribution is -0.384. The van der Waals surface area contributed by atoms with Crippen LogP contribution in [0.3, 0.4) is 0 Å². The van der Waals surface area contributed by atoms with Crippen LogP contribution in [0.15, 0.2) is 89.2 Å². The van der Waals surface area contributed by atoms with Crippen molar-refractivity contribution in [1.29, 1.82) is 0 Å².